The zero-order valence-corrected chi connectivity index (χ0v) is 14.3. The second-order valence-corrected chi connectivity index (χ2v) is 5.33. The lowest BCUT2D eigenvalue weighted by Gasteiger charge is -2.14. The molecule has 128 valence electrons. The van der Waals surface area contributed by atoms with Crippen molar-refractivity contribution in [3.8, 4) is 11.5 Å². The first-order chi connectivity index (χ1) is 11.0. The van der Waals surface area contributed by atoms with Crippen molar-refractivity contribution in [3.63, 3.8) is 0 Å². The Bertz CT molecular complexity index is 529. The standard InChI is InChI=1S/C17H26N2O4/c1-5-9-22-14-8-7-13(11-15(14)23-10-6-2)17(21)18-12-16(20)19(3)4/h7-8,11H,5-6,9-10,12H2,1-4H3,(H,18,21). The summed E-state index contributed by atoms with van der Waals surface area (Å²) in [6.07, 6.45) is 1.75. The molecule has 0 fully saturated rings. The number of amides is 2. The molecule has 1 aromatic carbocycles. The third kappa shape index (κ3) is 6.18. The minimum Gasteiger partial charge on any atom is -0.490 e. The zero-order chi connectivity index (χ0) is 17.2. The lowest BCUT2D eigenvalue weighted by molar-refractivity contribution is -0.127. The smallest absolute Gasteiger partial charge is 0.251 e. The van der Waals surface area contributed by atoms with Crippen LogP contribution in [0.25, 0.3) is 0 Å². The van der Waals surface area contributed by atoms with Gasteiger partial charge in [-0.15, -0.1) is 0 Å². The van der Waals surface area contributed by atoms with E-state index in [1.54, 1.807) is 32.3 Å². The molecule has 0 heterocycles. The van der Waals surface area contributed by atoms with E-state index in [-0.39, 0.29) is 18.4 Å². The maximum Gasteiger partial charge on any atom is 0.251 e. The van der Waals surface area contributed by atoms with Crippen LogP contribution in [-0.2, 0) is 4.79 Å². The fraction of sp³-hybridized carbons (Fsp3) is 0.529. The number of carbonyl (C=O) groups excluding carboxylic acids is 2. The summed E-state index contributed by atoms with van der Waals surface area (Å²) in [5.74, 6) is 0.695. The molecule has 23 heavy (non-hydrogen) atoms. The van der Waals surface area contributed by atoms with Gasteiger partial charge in [0, 0.05) is 19.7 Å². The highest BCUT2D eigenvalue weighted by Gasteiger charge is 2.13. The lowest BCUT2D eigenvalue weighted by atomic mass is 10.2. The van der Waals surface area contributed by atoms with E-state index in [4.69, 9.17) is 9.47 Å². The minimum absolute atomic E-state index is 0.0366. The minimum atomic E-state index is -0.316. The van der Waals surface area contributed by atoms with Crippen LogP contribution < -0.4 is 14.8 Å². The van der Waals surface area contributed by atoms with Gasteiger partial charge >= 0.3 is 0 Å². The molecule has 1 N–H and O–H groups in total. The lowest BCUT2D eigenvalue weighted by Crippen LogP contribution is -2.36. The average molecular weight is 322 g/mol. The van der Waals surface area contributed by atoms with Gasteiger partial charge in [-0.2, -0.15) is 0 Å². The quantitative estimate of drug-likeness (QED) is 0.756. The third-order valence-corrected chi connectivity index (χ3v) is 3.03. The Morgan fingerprint density at radius 3 is 2.22 bits per heavy atom. The van der Waals surface area contributed by atoms with Gasteiger partial charge in [0.15, 0.2) is 11.5 Å². The number of nitrogens with zero attached hydrogens (tertiary/aromatic N) is 1. The third-order valence-electron chi connectivity index (χ3n) is 3.03. The van der Waals surface area contributed by atoms with Crippen molar-refractivity contribution in [3.05, 3.63) is 23.8 Å². The largest absolute Gasteiger partial charge is 0.490 e. The van der Waals surface area contributed by atoms with Gasteiger partial charge in [0.05, 0.1) is 19.8 Å². The van der Waals surface area contributed by atoms with Gasteiger partial charge in [-0.25, -0.2) is 0 Å². The first-order valence-electron chi connectivity index (χ1n) is 7.87. The predicted molar refractivity (Wildman–Crippen MR) is 89.0 cm³/mol. The van der Waals surface area contributed by atoms with Gasteiger partial charge < -0.3 is 19.7 Å². The molecule has 1 aromatic rings. The fourth-order valence-electron chi connectivity index (χ4n) is 1.72. The van der Waals surface area contributed by atoms with Gasteiger partial charge in [0.2, 0.25) is 5.91 Å². The summed E-state index contributed by atoms with van der Waals surface area (Å²) in [6.45, 7) is 5.13. The highest BCUT2D eigenvalue weighted by molar-refractivity contribution is 5.97. The molecule has 0 radical (unpaired) electrons. The second kappa shape index (κ2) is 9.71. The van der Waals surface area contributed by atoms with E-state index in [9.17, 15) is 9.59 Å². The molecule has 0 aromatic heterocycles. The molecular weight excluding hydrogens is 296 g/mol. The van der Waals surface area contributed by atoms with Crippen molar-refractivity contribution in [1.29, 1.82) is 0 Å². The van der Waals surface area contributed by atoms with E-state index < -0.39 is 0 Å². The van der Waals surface area contributed by atoms with Crippen LogP contribution in [0.5, 0.6) is 11.5 Å². The van der Waals surface area contributed by atoms with Crippen LogP contribution >= 0.6 is 0 Å². The highest BCUT2D eigenvalue weighted by atomic mass is 16.5. The van der Waals surface area contributed by atoms with E-state index in [0.29, 0.717) is 30.3 Å². The summed E-state index contributed by atoms with van der Waals surface area (Å²) in [5.41, 5.74) is 0.437. The van der Waals surface area contributed by atoms with Crippen LogP contribution in [0.1, 0.15) is 37.0 Å². The van der Waals surface area contributed by atoms with Crippen LogP contribution in [0.4, 0.5) is 0 Å². The highest BCUT2D eigenvalue weighted by Crippen LogP contribution is 2.28. The fourth-order valence-corrected chi connectivity index (χ4v) is 1.72. The number of carbonyl (C=O) groups is 2. The number of likely N-dealkylation sites (N-methyl/N-ethyl adjacent to an activating group) is 1. The second-order valence-electron chi connectivity index (χ2n) is 5.33. The van der Waals surface area contributed by atoms with Crippen LogP contribution in [-0.4, -0.2) is 50.6 Å². The molecule has 0 aliphatic carbocycles. The van der Waals surface area contributed by atoms with Crippen molar-refractivity contribution in [2.45, 2.75) is 26.7 Å². The number of hydrogen-bond donors (Lipinski definition) is 1. The Kier molecular flexibility index (Phi) is 7.94. The van der Waals surface area contributed by atoms with Crippen molar-refractivity contribution < 1.29 is 19.1 Å². The van der Waals surface area contributed by atoms with E-state index in [2.05, 4.69) is 5.32 Å². The van der Waals surface area contributed by atoms with E-state index in [0.717, 1.165) is 12.8 Å². The summed E-state index contributed by atoms with van der Waals surface area (Å²) in [7, 11) is 3.29. The molecule has 0 bridgehead atoms. The molecule has 0 spiro atoms. The number of rotatable bonds is 9. The van der Waals surface area contributed by atoms with Crippen molar-refractivity contribution in [2.75, 3.05) is 33.9 Å². The molecule has 0 atom stereocenters. The van der Waals surface area contributed by atoms with Crippen molar-refractivity contribution >= 4 is 11.8 Å². The number of hydrogen-bond acceptors (Lipinski definition) is 4. The average Bonchev–Trinajstić information content (AvgIpc) is 2.55. The topological polar surface area (TPSA) is 67.9 Å². The van der Waals surface area contributed by atoms with Crippen molar-refractivity contribution in [1.82, 2.24) is 10.2 Å². The Morgan fingerprint density at radius 2 is 1.65 bits per heavy atom. The molecule has 2 amide bonds. The van der Waals surface area contributed by atoms with Gasteiger partial charge in [-0.05, 0) is 31.0 Å². The summed E-state index contributed by atoms with van der Waals surface area (Å²) in [4.78, 5) is 25.1. The number of benzene rings is 1. The van der Waals surface area contributed by atoms with Crippen LogP contribution in [0.2, 0.25) is 0 Å². The Hall–Kier alpha value is -2.24. The normalized spacial score (nSPS) is 10.1. The maximum absolute atomic E-state index is 12.1. The maximum atomic E-state index is 12.1. The van der Waals surface area contributed by atoms with Gasteiger partial charge in [-0.1, -0.05) is 13.8 Å². The Morgan fingerprint density at radius 1 is 1.04 bits per heavy atom. The summed E-state index contributed by atoms with van der Waals surface area (Å²) < 4.78 is 11.3. The van der Waals surface area contributed by atoms with Crippen molar-refractivity contribution in [2.24, 2.45) is 0 Å². The SMILES string of the molecule is CCCOc1ccc(C(=O)NCC(=O)N(C)C)cc1OCCC. The number of ether oxygens (including phenoxy) is 2. The predicted octanol–water partition coefficient (Wildman–Crippen LogP) is 2.08. The van der Waals surface area contributed by atoms with Gasteiger partial charge in [0.1, 0.15) is 0 Å². The Labute approximate surface area is 137 Å². The molecular formula is C17H26N2O4. The van der Waals surface area contributed by atoms with E-state index in [1.807, 2.05) is 13.8 Å². The van der Waals surface area contributed by atoms with Gasteiger partial charge in [-0.3, -0.25) is 9.59 Å². The van der Waals surface area contributed by atoms with Gasteiger partial charge in [0.25, 0.3) is 5.91 Å². The van der Waals surface area contributed by atoms with Crippen LogP contribution in [0.15, 0.2) is 18.2 Å². The van der Waals surface area contributed by atoms with E-state index >= 15 is 0 Å². The van der Waals surface area contributed by atoms with E-state index in [1.165, 1.54) is 4.90 Å². The summed E-state index contributed by atoms with van der Waals surface area (Å²) in [5, 5.41) is 2.60. The number of nitrogens with one attached hydrogen (secondary N) is 1. The molecule has 0 aliphatic rings. The van der Waals surface area contributed by atoms with Crippen LogP contribution in [0.3, 0.4) is 0 Å². The monoisotopic (exact) mass is 322 g/mol. The summed E-state index contributed by atoms with van der Waals surface area (Å²) >= 11 is 0. The molecule has 0 saturated carbocycles. The first-order valence-corrected chi connectivity index (χ1v) is 7.87. The molecule has 6 heteroatoms. The first kappa shape index (κ1) is 18.8. The molecule has 0 aliphatic heterocycles. The van der Waals surface area contributed by atoms with Crippen LogP contribution in [0, 0.1) is 0 Å². The molecule has 0 saturated heterocycles. The summed E-state index contributed by atoms with van der Waals surface area (Å²) in [6, 6.07) is 5.04. The molecule has 1 rings (SSSR count). The molecule has 0 unspecified atom stereocenters. The Balaban J connectivity index is 2.81. The zero-order valence-electron chi connectivity index (χ0n) is 14.3. The molecule has 6 nitrogen and oxygen atoms in total.